The first-order valence-electron chi connectivity index (χ1n) is 6.59. The number of carbonyl (C=O) groups is 1. The van der Waals surface area contributed by atoms with Gasteiger partial charge in [0.25, 0.3) is 5.91 Å². The molecule has 2 aromatic rings. The largest absolute Gasteiger partial charge is 0.360 e. The van der Waals surface area contributed by atoms with Gasteiger partial charge >= 0.3 is 0 Å². The fraction of sp³-hybridized carbons (Fsp3) is 0.214. The minimum absolute atomic E-state index is 0.0291. The van der Waals surface area contributed by atoms with Crippen LogP contribution in [0, 0.1) is 0 Å². The van der Waals surface area contributed by atoms with Gasteiger partial charge in [0, 0.05) is 35.3 Å². The Labute approximate surface area is 115 Å². The van der Waals surface area contributed by atoms with Gasteiger partial charge in [-0.1, -0.05) is 0 Å². The van der Waals surface area contributed by atoms with E-state index < -0.39 is 0 Å². The summed E-state index contributed by atoms with van der Waals surface area (Å²) in [4.78, 5) is 16.4. The maximum atomic E-state index is 12.1. The van der Waals surface area contributed by atoms with Crippen molar-refractivity contribution in [3.63, 3.8) is 0 Å². The number of nitrogens with zero attached hydrogens (tertiary/aromatic N) is 3. The van der Waals surface area contributed by atoms with Crippen molar-refractivity contribution < 1.29 is 4.79 Å². The smallest absolute Gasteiger partial charge is 0.251 e. The predicted molar refractivity (Wildman–Crippen MR) is 74.9 cm³/mol. The van der Waals surface area contributed by atoms with Crippen molar-refractivity contribution in [2.45, 2.75) is 18.9 Å². The first-order valence-corrected chi connectivity index (χ1v) is 6.59. The molecule has 1 fully saturated rings. The van der Waals surface area contributed by atoms with Gasteiger partial charge in [0.15, 0.2) is 5.82 Å². The van der Waals surface area contributed by atoms with Gasteiger partial charge < -0.3 is 10.6 Å². The van der Waals surface area contributed by atoms with Gasteiger partial charge in [-0.25, -0.2) is 9.67 Å². The molecule has 2 N–H and O–H groups in total. The van der Waals surface area contributed by atoms with E-state index in [9.17, 15) is 4.79 Å². The zero-order valence-corrected chi connectivity index (χ0v) is 10.7. The highest BCUT2D eigenvalue weighted by Gasteiger charge is 2.24. The molecule has 2 aliphatic rings. The van der Waals surface area contributed by atoms with Gasteiger partial charge in [-0.15, -0.1) is 0 Å². The van der Waals surface area contributed by atoms with Crippen molar-refractivity contribution in [1.29, 1.82) is 0 Å². The summed E-state index contributed by atoms with van der Waals surface area (Å²) in [5.41, 5.74) is 2.43. The molecule has 1 amide bonds. The fourth-order valence-corrected chi connectivity index (χ4v) is 2.24. The van der Waals surface area contributed by atoms with Crippen molar-refractivity contribution in [1.82, 2.24) is 20.1 Å². The van der Waals surface area contributed by atoms with Crippen LogP contribution in [0.3, 0.4) is 0 Å². The summed E-state index contributed by atoms with van der Waals surface area (Å²) in [5.74, 6) is 0.695. The molecule has 4 rings (SSSR count). The third-order valence-electron chi connectivity index (χ3n) is 3.46. The van der Waals surface area contributed by atoms with Crippen LogP contribution >= 0.6 is 0 Å². The molecule has 20 heavy (non-hydrogen) atoms. The second-order valence-electron chi connectivity index (χ2n) is 5.00. The quantitative estimate of drug-likeness (QED) is 0.868. The average molecular weight is 267 g/mol. The highest BCUT2D eigenvalue weighted by Crippen LogP contribution is 2.30. The lowest BCUT2D eigenvalue weighted by Gasteiger charge is -2.09. The number of benzene rings is 1. The molecule has 1 aromatic heterocycles. The normalized spacial score (nSPS) is 15.8. The average Bonchev–Trinajstić information content (AvgIpc) is 3.18. The monoisotopic (exact) mass is 267 g/mol. The molecule has 1 aromatic carbocycles. The summed E-state index contributed by atoms with van der Waals surface area (Å²) in [6, 6.07) is 5.92. The molecular weight excluding hydrogens is 254 g/mol. The first-order chi connectivity index (χ1) is 9.81. The van der Waals surface area contributed by atoms with Gasteiger partial charge in [0.2, 0.25) is 0 Å². The van der Waals surface area contributed by atoms with E-state index in [1.165, 1.54) is 6.33 Å². The SMILES string of the molecule is O=C(NC1CC1)c1ccc2c(c1)-c1ncnn1C=CN2. The Morgan fingerprint density at radius 3 is 3.15 bits per heavy atom. The summed E-state index contributed by atoms with van der Waals surface area (Å²) >= 11 is 0. The number of amides is 1. The molecule has 0 unspecified atom stereocenters. The standard InChI is InChI=1S/C14H13N5O/c20-14(18-10-2-3-10)9-1-4-12-11(7-9)13-16-8-17-19(13)6-5-15-12/h1,4-8,10,15H,2-3H2,(H,18,20). The zero-order chi connectivity index (χ0) is 13.5. The molecule has 100 valence electrons. The van der Waals surface area contributed by atoms with Crippen LogP contribution in [0.15, 0.2) is 30.7 Å². The lowest BCUT2D eigenvalue weighted by molar-refractivity contribution is 0.0951. The third-order valence-corrected chi connectivity index (χ3v) is 3.46. The molecule has 0 spiro atoms. The highest BCUT2D eigenvalue weighted by molar-refractivity contribution is 5.97. The minimum atomic E-state index is -0.0291. The summed E-state index contributed by atoms with van der Waals surface area (Å²) in [6.07, 6.45) is 7.26. The number of carbonyl (C=O) groups excluding carboxylic acids is 1. The lowest BCUT2D eigenvalue weighted by atomic mass is 10.1. The molecule has 0 atom stereocenters. The molecule has 1 saturated carbocycles. The Kier molecular flexibility index (Phi) is 2.35. The molecular formula is C14H13N5O. The van der Waals surface area contributed by atoms with Crippen molar-refractivity contribution >= 4 is 17.8 Å². The number of fused-ring (bicyclic) bond motifs is 3. The van der Waals surface area contributed by atoms with Crippen molar-refractivity contribution in [2.24, 2.45) is 0 Å². The Bertz CT molecular complexity index is 714. The van der Waals surface area contributed by atoms with Crippen LogP contribution in [-0.2, 0) is 0 Å². The van der Waals surface area contributed by atoms with Crippen LogP contribution in [0.5, 0.6) is 0 Å². The number of rotatable bonds is 2. The Morgan fingerprint density at radius 2 is 2.30 bits per heavy atom. The number of nitrogens with one attached hydrogen (secondary N) is 2. The van der Waals surface area contributed by atoms with E-state index in [2.05, 4.69) is 20.7 Å². The highest BCUT2D eigenvalue weighted by atomic mass is 16.1. The Hall–Kier alpha value is -2.63. The van der Waals surface area contributed by atoms with Crippen LogP contribution in [0.4, 0.5) is 5.69 Å². The van der Waals surface area contributed by atoms with E-state index in [1.807, 2.05) is 18.2 Å². The number of hydrogen-bond donors (Lipinski definition) is 2. The molecule has 1 aliphatic heterocycles. The number of anilines is 1. The van der Waals surface area contributed by atoms with Crippen LogP contribution in [0.2, 0.25) is 0 Å². The summed E-state index contributed by atoms with van der Waals surface area (Å²) in [6.45, 7) is 0. The number of hydrogen-bond acceptors (Lipinski definition) is 4. The minimum Gasteiger partial charge on any atom is -0.360 e. The van der Waals surface area contributed by atoms with Gasteiger partial charge in [0.05, 0.1) is 0 Å². The molecule has 6 nitrogen and oxygen atoms in total. The van der Waals surface area contributed by atoms with E-state index in [-0.39, 0.29) is 5.91 Å². The van der Waals surface area contributed by atoms with Gasteiger partial charge in [-0.05, 0) is 31.0 Å². The second kappa shape index (κ2) is 4.19. The maximum absolute atomic E-state index is 12.1. The van der Waals surface area contributed by atoms with Crippen LogP contribution < -0.4 is 10.6 Å². The number of aromatic nitrogens is 3. The molecule has 0 radical (unpaired) electrons. The zero-order valence-electron chi connectivity index (χ0n) is 10.7. The first kappa shape index (κ1) is 11.2. The second-order valence-corrected chi connectivity index (χ2v) is 5.00. The fourth-order valence-electron chi connectivity index (χ4n) is 2.24. The van der Waals surface area contributed by atoms with Gasteiger partial charge in [-0.3, -0.25) is 4.79 Å². The van der Waals surface area contributed by atoms with Crippen molar-refractivity contribution in [3.8, 4) is 11.4 Å². The summed E-state index contributed by atoms with van der Waals surface area (Å²) in [5, 5.41) is 10.3. The lowest BCUT2D eigenvalue weighted by Crippen LogP contribution is -2.25. The molecule has 0 saturated heterocycles. The summed E-state index contributed by atoms with van der Waals surface area (Å²) < 4.78 is 1.68. The van der Waals surface area contributed by atoms with Gasteiger partial charge in [-0.2, -0.15) is 5.10 Å². The maximum Gasteiger partial charge on any atom is 0.251 e. The van der Waals surface area contributed by atoms with Crippen molar-refractivity contribution in [2.75, 3.05) is 5.32 Å². The summed E-state index contributed by atoms with van der Waals surface area (Å²) in [7, 11) is 0. The van der Waals surface area contributed by atoms with Gasteiger partial charge in [0.1, 0.15) is 6.33 Å². The topological polar surface area (TPSA) is 71.8 Å². The molecule has 0 bridgehead atoms. The molecule has 6 heteroatoms. The van der Waals surface area contributed by atoms with E-state index in [1.54, 1.807) is 17.1 Å². The predicted octanol–water partition coefficient (Wildman–Crippen LogP) is 1.69. The Balaban J connectivity index is 1.76. The van der Waals surface area contributed by atoms with E-state index in [0.29, 0.717) is 11.6 Å². The van der Waals surface area contributed by atoms with E-state index in [4.69, 9.17) is 0 Å². The van der Waals surface area contributed by atoms with E-state index >= 15 is 0 Å². The molecule has 2 heterocycles. The van der Waals surface area contributed by atoms with E-state index in [0.717, 1.165) is 29.9 Å². The Morgan fingerprint density at radius 1 is 1.40 bits per heavy atom. The van der Waals surface area contributed by atoms with Crippen LogP contribution in [-0.4, -0.2) is 26.7 Å². The molecule has 1 aliphatic carbocycles. The third kappa shape index (κ3) is 1.85. The van der Waals surface area contributed by atoms with Crippen LogP contribution in [0.1, 0.15) is 23.2 Å². The van der Waals surface area contributed by atoms with Crippen LogP contribution in [0.25, 0.3) is 17.6 Å². The van der Waals surface area contributed by atoms with Crippen molar-refractivity contribution in [3.05, 3.63) is 36.3 Å².